The van der Waals surface area contributed by atoms with E-state index in [9.17, 15) is 4.79 Å². The first kappa shape index (κ1) is 15.0. The van der Waals surface area contributed by atoms with Gasteiger partial charge in [-0.15, -0.1) is 0 Å². The van der Waals surface area contributed by atoms with Crippen molar-refractivity contribution in [1.29, 1.82) is 0 Å². The van der Waals surface area contributed by atoms with E-state index in [0.717, 1.165) is 22.2 Å². The van der Waals surface area contributed by atoms with Crippen LogP contribution in [0.3, 0.4) is 0 Å². The van der Waals surface area contributed by atoms with Gasteiger partial charge in [0.15, 0.2) is 0 Å². The van der Waals surface area contributed by atoms with Crippen LogP contribution in [-0.2, 0) is 0 Å². The van der Waals surface area contributed by atoms with Crippen LogP contribution in [-0.4, -0.2) is 18.0 Å². The first-order valence-corrected chi connectivity index (χ1v) is 7.41. The lowest BCUT2D eigenvalue weighted by Gasteiger charge is -2.12. The summed E-state index contributed by atoms with van der Waals surface area (Å²) in [5.41, 5.74) is 3.82. The molecule has 23 heavy (non-hydrogen) atoms. The first-order chi connectivity index (χ1) is 11.1. The highest BCUT2D eigenvalue weighted by atomic mass is 16.5. The second-order valence-corrected chi connectivity index (χ2v) is 5.44. The van der Waals surface area contributed by atoms with Crippen LogP contribution in [0.4, 0.5) is 5.69 Å². The maximum Gasteiger partial charge on any atom is 0.259 e. The molecule has 1 N–H and O–H groups in total. The number of carbonyl (C=O) groups is 1. The molecule has 1 heterocycles. The number of rotatable bonds is 3. The third kappa shape index (κ3) is 2.88. The van der Waals surface area contributed by atoms with Gasteiger partial charge in [0.2, 0.25) is 0 Å². The fraction of sp³-hybridized carbons (Fsp3) is 0.158. The molecule has 1 amide bonds. The zero-order valence-electron chi connectivity index (χ0n) is 13.4. The van der Waals surface area contributed by atoms with Crippen LogP contribution in [0.2, 0.25) is 0 Å². The van der Waals surface area contributed by atoms with Gasteiger partial charge in [0.25, 0.3) is 5.91 Å². The highest BCUT2D eigenvalue weighted by molar-refractivity contribution is 6.09. The number of para-hydroxylation sites is 2. The van der Waals surface area contributed by atoms with Crippen molar-refractivity contribution in [2.45, 2.75) is 13.8 Å². The zero-order valence-corrected chi connectivity index (χ0v) is 13.4. The van der Waals surface area contributed by atoms with Gasteiger partial charge in [-0.1, -0.05) is 30.3 Å². The Morgan fingerprint density at radius 3 is 2.61 bits per heavy atom. The Kier molecular flexibility index (Phi) is 3.98. The van der Waals surface area contributed by atoms with Gasteiger partial charge in [0.05, 0.1) is 23.9 Å². The summed E-state index contributed by atoms with van der Waals surface area (Å²) in [5, 5.41) is 3.94. The predicted octanol–water partition coefficient (Wildman–Crippen LogP) is 4.11. The Hall–Kier alpha value is -2.88. The van der Waals surface area contributed by atoms with E-state index < -0.39 is 0 Å². The van der Waals surface area contributed by atoms with Crippen molar-refractivity contribution in [2.24, 2.45) is 0 Å². The summed E-state index contributed by atoms with van der Waals surface area (Å²) >= 11 is 0. The summed E-state index contributed by atoms with van der Waals surface area (Å²) in [6.45, 7) is 3.85. The number of carbonyl (C=O) groups excluding carboxylic acids is 1. The number of aromatic nitrogens is 1. The van der Waals surface area contributed by atoms with E-state index >= 15 is 0 Å². The van der Waals surface area contributed by atoms with E-state index in [1.165, 1.54) is 0 Å². The summed E-state index contributed by atoms with van der Waals surface area (Å²) < 4.78 is 5.37. The third-order valence-corrected chi connectivity index (χ3v) is 3.77. The van der Waals surface area contributed by atoms with Gasteiger partial charge in [-0.2, -0.15) is 0 Å². The van der Waals surface area contributed by atoms with Gasteiger partial charge in [-0.25, -0.2) is 0 Å². The number of hydrogen-bond donors (Lipinski definition) is 1. The number of benzene rings is 2. The molecule has 3 aromatic rings. The molecular formula is C19H18N2O2. The van der Waals surface area contributed by atoms with Crippen molar-refractivity contribution in [3.8, 4) is 5.75 Å². The molecule has 3 rings (SSSR count). The quantitative estimate of drug-likeness (QED) is 0.792. The van der Waals surface area contributed by atoms with E-state index in [0.29, 0.717) is 17.0 Å². The molecule has 0 aliphatic heterocycles. The Labute approximate surface area is 135 Å². The van der Waals surface area contributed by atoms with Crippen LogP contribution in [0.5, 0.6) is 5.75 Å². The fourth-order valence-corrected chi connectivity index (χ4v) is 2.64. The maximum atomic E-state index is 12.7. The number of aryl methyl sites for hydroxylation is 2. The second kappa shape index (κ2) is 6.08. The molecule has 4 heteroatoms. The van der Waals surface area contributed by atoms with E-state index in [2.05, 4.69) is 10.3 Å². The number of methoxy groups -OCH3 is 1. The molecule has 0 saturated heterocycles. The number of pyridine rings is 1. The molecular weight excluding hydrogens is 288 g/mol. The number of fused-ring (bicyclic) bond motifs is 1. The second-order valence-electron chi connectivity index (χ2n) is 5.44. The lowest BCUT2D eigenvalue weighted by atomic mass is 10.1. The SMILES string of the molecule is COc1c(C)cccc1C(=O)Nc1cccc2ccc(C)nc12. The molecule has 1 aromatic heterocycles. The minimum absolute atomic E-state index is 0.207. The largest absolute Gasteiger partial charge is 0.496 e. The normalized spacial score (nSPS) is 10.6. The highest BCUT2D eigenvalue weighted by Crippen LogP contribution is 2.26. The Bertz CT molecular complexity index is 888. The monoisotopic (exact) mass is 306 g/mol. The minimum Gasteiger partial charge on any atom is -0.496 e. The van der Waals surface area contributed by atoms with Gasteiger partial charge in [-0.05, 0) is 37.6 Å². The van der Waals surface area contributed by atoms with Gasteiger partial charge in [0, 0.05) is 11.1 Å². The molecule has 0 saturated carbocycles. The molecule has 0 aliphatic rings. The average molecular weight is 306 g/mol. The summed E-state index contributed by atoms with van der Waals surface area (Å²) in [4.78, 5) is 17.2. The van der Waals surface area contributed by atoms with E-state index in [1.54, 1.807) is 13.2 Å². The molecule has 0 atom stereocenters. The van der Waals surface area contributed by atoms with E-state index in [-0.39, 0.29) is 5.91 Å². The van der Waals surface area contributed by atoms with Crippen LogP contribution in [0.1, 0.15) is 21.6 Å². The molecule has 4 nitrogen and oxygen atoms in total. The lowest BCUT2D eigenvalue weighted by molar-refractivity contribution is 0.102. The third-order valence-electron chi connectivity index (χ3n) is 3.77. The van der Waals surface area contributed by atoms with Gasteiger partial charge < -0.3 is 10.1 Å². The van der Waals surface area contributed by atoms with Crippen molar-refractivity contribution >= 4 is 22.5 Å². The summed E-state index contributed by atoms with van der Waals surface area (Å²) in [7, 11) is 1.57. The van der Waals surface area contributed by atoms with Crippen LogP contribution in [0, 0.1) is 13.8 Å². The van der Waals surface area contributed by atoms with Gasteiger partial charge in [-0.3, -0.25) is 9.78 Å². The van der Waals surface area contributed by atoms with Crippen LogP contribution < -0.4 is 10.1 Å². The number of anilines is 1. The Balaban J connectivity index is 2.01. The van der Waals surface area contributed by atoms with Crippen molar-refractivity contribution < 1.29 is 9.53 Å². The molecule has 0 unspecified atom stereocenters. The van der Waals surface area contributed by atoms with Crippen molar-refractivity contribution in [1.82, 2.24) is 4.98 Å². The van der Waals surface area contributed by atoms with Crippen LogP contribution in [0.15, 0.2) is 48.5 Å². The first-order valence-electron chi connectivity index (χ1n) is 7.41. The number of nitrogens with one attached hydrogen (secondary N) is 1. The number of ether oxygens (including phenoxy) is 1. The smallest absolute Gasteiger partial charge is 0.259 e. The summed E-state index contributed by atoms with van der Waals surface area (Å²) in [6, 6.07) is 15.2. The van der Waals surface area contributed by atoms with Crippen LogP contribution >= 0.6 is 0 Å². The Morgan fingerprint density at radius 1 is 1.04 bits per heavy atom. The van der Waals surface area contributed by atoms with Crippen molar-refractivity contribution in [2.75, 3.05) is 12.4 Å². The van der Waals surface area contributed by atoms with Gasteiger partial charge >= 0.3 is 0 Å². The van der Waals surface area contributed by atoms with E-state index in [4.69, 9.17) is 4.74 Å². The topological polar surface area (TPSA) is 51.2 Å². The average Bonchev–Trinajstić information content (AvgIpc) is 2.55. The minimum atomic E-state index is -0.207. The number of amides is 1. The molecule has 116 valence electrons. The van der Waals surface area contributed by atoms with Crippen molar-refractivity contribution in [3.63, 3.8) is 0 Å². The molecule has 0 spiro atoms. The molecule has 0 fully saturated rings. The Morgan fingerprint density at radius 2 is 1.83 bits per heavy atom. The maximum absolute atomic E-state index is 12.7. The molecule has 0 aliphatic carbocycles. The number of hydrogen-bond acceptors (Lipinski definition) is 3. The van der Waals surface area contributed by atoms with Crippen molar-refractivity contribution in [3.05, 3.63) is 65.4 Å². The van der Waals surface area contributed by atoms with Gasteiger partial charge in [0.1, 0.15) is 5.75 Å². The predicted molar refractivity (Wildman–Crippen MR) is 92.2 cm³/mol. The zero-order chi connectivity index (χ0) is 16.4. The molecule has 0 radical (unpaired) electrons. The molecule has 0 bridgehead atoms. The highest BCUT2D eigenvalue weighted by Gasteiger charge is 2.15. The standard InChI is InChI=1S/C19H18N2O2/c1-12-6-4-8-15(18(12)23-3)19(22)21-16-9-5-7-14-11-10-13(2)20-17(14)16/h4-11H,1-3H3,(H,21,22). The van der Waals surface area contributed by atoms with Crippen LogP contribution in [0.25, 0.3) is 10.9 Å². The fourth-order valence-electron chi connectivity index (χ4n) is 2.64. The lowest BCUT2D eigenvalue weighted by Crippen LogP contribution is -2.14. The molecule has 2 aromatic carbocycles. The van der Waals surface area contributed by atoms with E-state index in [1.807, 2.05) is 56.3 Å². The number of nitrogens with zero attached hydrogens (tertiary/aromatic N) is 1. The summed E-state index contributed by atoms with van der Waals surface area (Å²) in [6.07, 6.45) is 0. The summed E-state index contributed by atoms with van der Waals surface area (Å²) in [5.74, 6) is 0.385.